The van der Waals surface area contributed by atoms with Gasteiger partial charge < -0.3 is 4.90 Å². The topological polar surface area (TPSA) is 20.3 Å². The monoisotopic (exact) mass is 201 g/mol. The number of nitrogens with zero attached hydrogens (tertiary/aromatic N) is 1. The van der Waals surface area contributed by atoms with Gasteiger partial charge in [0, 0.05) is 6.54 Å². The first-order chi connectivity index (χ1) is 6.13. The van der Waals surface area contributed by atoms with Crippen LogP contribution in [0.5, 0.6) is 0 Å². The molecular weight excluding hydrogens is 182 g/mol. The predicted molar refractivity (Wildman–Crippen MR) is 60.3 cm³/mol. The Bertz CT molecular complexity index is 171. The second-order valence-corrected chi connectivity index (χ2v) is 3.36. The van der Waals surface area contributed by atoms with Crippen LogP contribution in [0.15, 0.2) is 12.2 Å². The summed E-state index contributed by atoms with van der Waals surface area (Å²) in [6.45, 7) is 10.6. The zero-order valence-corrected chi connectivity index (χ0v) is 9.60. The van der Waals surface area contributed by atoms with E-state index in [2.05, 4.69) is 19.2 Å². The highest BCUT2D eigenvalue weighted by Gasteiger charge is 2.26. The van der Waals surface area contributed by atoms with E-state index in [1.807, 2.05) is 20.8 Å². The van der Waals surface area contributed by atoms with Gasteiger partial charge in [0.25, 0.3) is 5.24 Å². The van der Waals surface area contributed by atoms with Crippen molar-refractivity contribution in [1.29, 1.82) is 0 Å². The first-order valence-corrected chi connectivity index (χ1v) is 5.22. The molecule has 76 valence electrons. The van der Waals surface area contributed by atoms with Crippen LogP contribution in [0.4, 0.5) is 4.79 Å². The lowest BCUT2D eigenvalue weighted by Crippen LogP contribution is -2.32. The molecule has 0 aromatic rings. The Labute approximate surface area is 86.4 Å². The summed E-state index contributed by atoms with van der Waals surface area (Å²) in [5.74, 6) is 0. The van der Waals surface area contributed by atoms with E-state index < -0.39 is 0 Å². The summed E-state index contributed by atoms with van der Waals surface area (Å²) in [6.07, 6.45) is 2.12. The standard InChI is InChI=1S/C8H13NOS.C2H6/c1-6(2)7-4-3-5-9(7)8(10)11;1-2/h7H,1,3-5H2,2H3,(H,10,11);1-2H3. The molecule has 3 heteroatoms. The van der Waals surface area contributed by atoms with Gasteiger partial charge in [0.05, 0.1) is 6.04 Å². The highest BCUT2D eigenvalue weighted by Crippen LogP contribution is 2.23. The van der Waals surface area contributed by atoms with Crippen LogP contribution in [0.3, 0.4) is 0 Å². The maximum absolute atomic E-state index is 10.9. The van der Waals surface area contributed by atoms with Crippen LogP contribution in [-0.4, -0.2) is 22.7 Å². The largest absolute Gasteiger partial charge is 0.327 e. The van der Waals surface area contributed by atoms with Crippen molar-refractivity contribution in [2.45, 2.75) is 39.7 Å². The van der Waals surface area contributed by atoms with Gasteiger partial charge in [0.1, 0.15) is 0 Å². The molecule has 1 heterocycles. The highest BCUT2D eigenvalue weighted by molar-refractivity contribution is 7.96. The van der Waals surface area contributed by atoms with Gasteiger partial charge in [0.15, 0.2) is 0 Å². The molecule has 1 aliphatic heterocycles. The molecule has 1 fully saturated rings. The maximum atomic E-state index is 10.9. The van der Waals surface area contributed by atoms with Gasteiger partial charge in [0.2, 0.25) is 0 Å². The number of amides is 1. The van der Waals surface area contributed by atoms with Crippen LogP contribution in [0.25, 0.3) is 0 Å². The van der Waals surface area contributed by atoms with E-state index in [0.29, 0.717) is 0 Å². The summed E-state index contributed by atoms with van der Waals surface area (Å²) < 4.78 is 0. The zero-order chi connectivity index (χ0) is 10.4. The minimum atomic E-state index is -0.129. The summed E-state index contributed by atoms with van der Waals surface area (Å²) in [6, 6.07) is 0.236. The first kappa shape index (κ1) is 12.6. The molecule has 0 N–H and O–H groups in total. The van der Waals surface area contributed by atoms with Crippen molar-refractivity contribution >= 4 is 17.9 Å². The smallest absolute Gasteiger partial charge is 0.279 e. The van der Waals surface area contributed by atoms with Gasteiger partial charge in [-0.25, -0.2) is 0 Å². The summed E-state index contributed by atoms with van der Waals surface area (Å²) in [5, 5.41) is -0.129. The minimum absolute atomic E-state index is 0.129. The normalized spacial score (nSPS) is 20.6. The van der Waals surface area contributed by atoms with Crippen molar-refractivity contribution < 1.29 is 4.79 Å². The predicted octanol–water partition coefficient (Wildman–Crippen LogP) is 3.10. The number of likely N-dealkylation sites (tertiary alicyclic amines) is 1. The van der Waals surface area contributed by atoms with Crippen LogP contribution in [0.2, 0.25) is 0 Å². The van der Waals surface area contributed by atoms with Crippen LogP contribution < -0.4 is 0 Å². The molecule has 0 saturated carbocycles. The molecule has 0 aromatic carbocycles. The van der Waals surface area contributed by atoms with Crippen molar-refractivity contribution in [1.82, 2.24) is 4.90 Å². The van der Waals surface area contributed by atoms with E-state index in [9.17, 15) is 4.79 Å². The third-order valence-electron chi connectivity index (χ3n) is 2.07. The first-order valence-electron chi connectivity index (χ1n) is 4.78. The zero-order valence-electron chi connectivity index (χ0n) is 8.71. The Hall–Kier alpha value is -0.440. The summed E-state index contributed by atoms with van der Waals surface area (Å²) >= 11 is 3.79. The SMILES string of the molecule is C=C(C)C1CCCN1C(=O)S.CC. The quantitative estimate of drug-likeness (QED) is 0.510. The average Bonchev–Trinajstić information content (AvgIpc) is 2.55. The minimum Gasteiger partial charge on any atom is -0.327 e. The Balaban J connectivity index is 0.000000671. The number of thiol groups is 1. The lowest BCUT2D eigenvalue weighted by atomic mass is 10.1. The molecule has 0 bridgehead atoms. The highest BCUT2D eigenvalue weighted by atomic mass is 32.1. The number of hydrogen-bond acceptors (Lipinski definition) is 1. The van der Waals surface area contributed by atoms with Crippen molar-refractivity contribution in [2.75, 3.05) is 6.54 Å². The van der Waals surface area contributed by atoms with Gasteiger partial charge in [-0.15, -0.1) is 0 Å². The summed E-state index contributed by atoms with van der Waals surface area (Å²) in [5.41, 5.74) is 1.06. The van der Waals surface area contributed by atoms with Gasteiger partial charge >= 0.3 is 0 Å². The van der Waals surface area contributed by atoms with Crippen molar-refractivity contribution in [3.63, 3.8) is 0 Å². The van der Waals surface area contributed by atoms with Crippen LogP contribution in [0, 0.1) is 0 Å². The van der Waals surface area contributed by atoms with Gasteiger partial charge in [-0.2, -0.15) is 0 Å². The van der Waals surface area contributed by atoms with Crippen LogP contribution in [-0.2, 0) is 0 Å². The fourth-order valence-electron chi connectivity index (χ4n) is 1.51. The third-order valence-corrected chi connectivity index (χ3v) is 2.32. The van der Waals surface area contributed by atoms with E-state index in [-0.39, 0.29) is 11.3 Å². The molecule has 0 aliphatic carbocycles. The van der Waals surface area contributed by atoms with E-state index >= 15 is 0 Å². The third kappa shape index (κ3) is 3.43. The molecule has 13 heavy (non-hydrogen) atoms. The van der Waals surface area contributed by atoms with Gasteiger partial charge in [-0.05, 0) is 19.8 Å². The number of hydrogen-bond donors (Lipinski definition) is 1. The Morgan fingerprint density at radius 2 is 2.08 bits per heavy atom. The average molecular weight is 201 g/mol. The van der Waals surface area contributed by atoms with Crippen LogP contribution >= 0.6 is 12.6 Å². The maximum Gasteiger partial charge on any atom is 0.279 e. The Morgan fingerprint density at radius 1 is 1.54 bits per heavy atom. The molecule has 1 atom stereocenters. The molecule has 0 aromatic heterocycles. The molecule has 1 aliphatic rings. The Morgan fingerprint density at radius 3 is 2.38 bits per heavy atom. The fraction of sp³-hybridized carbons (Fsp3) is 0.700. The van der Waals surface area contributed by atoms with E-state index in [4.69, 9.17) is 0 Å². The Kier molecular flexibility index (Phi) is 5.88. The number of carbonyl (C=O) groups excluding carboxylic acids is 1. The second-order valence-electron chi connectivity index (χ2n) is 2.98. The molecule has 0 spiro atoms. The molecule has 1 rings (SSSR count). The molecule has 1 unspecified atom stereocenters. The molecule has 1 saturated heterocycles. The van der Waals surface area contributed by atoms with Crippen molar-refractivity contribution in [3.8, 4) is 0 Å². The van der Waals surface area contributed by atoms with Crippen molar-refractivity contribution in [3.05, 3.63) is 12.2 Å². The number of carbonyl (C=O) groups is 1. The van der Waals surface area contributed by atoms with Crippen LogP contribution in [0.1, 0.15) is 33.6 Å². The summed E-state index contributed by atoms with van der Waals surface area (Å²) in [7, 11) is 0. The van der Waals surface area contributed by atoms with E-state index in [1.165, 1.54) is 0 Å². The van der Waals surface area contributed by atoms with Gasteiger partial charge in [-0.1, -0.05) is 38.6 Å². The fourth-order valence-corrected chi connectivity index (χ4v) is 1.75. The lowest BCUT2D eigenvalue weighted by molar-refractivity contribution is 0.224. The van der Waals surface area contributed by atoms with E-state index in [0.717, 1.165) is 25.0 Å². The summed E-state index contributed by atoms with van der Waals surface area (Å²) in [4.78, 5) is 12.7. The molecule has 1 amide bonds. The number of rotatable bonds is 1. The molecule has 0 radical (unpaired) electrons. The lowest BCUT2D eigenvalue weighted by Gasteiger charge is -2.22. The molecular formula is C10H19NOS. The molecule has 2 nitrogen and oxygen atoms in total. The second kappa shape index (κ2) is 6.08. The van der Waals surface area contributed by atoms with E-state index in [1.54, 1.807) is 4.90 Å². The van der Waals surface area contributed by atoms with Gasteiger partial charge in [-0.3, -0.25) is 4.79 Å². The van der Waals surface area contributed by atoms with Crippen molar-refractivity contribution in [2.24, 2.45) is 0 Å².